The molecular weight excluding hydrogens is 232 g/mol. The summed E-state index contributed by atoms with van der Waals surface area (Å²) in [6, 6.07) is 1.58. The lowest BCUT2D eigenvalue weighted by Gasteiger charge is -1.79. The van der Waals surface area contributed by atoms with E-state index in [1.165, 1.54) is 11.3 Å². The molecular formula is C6H5BrO3S. The van der Waals surface area contributed by atoms with Gasteiger partial charge in [0.1, 0.15) is 11.7 Å². The number of carboxylic acid groups (broad SMARTS) is 1. The van der Waals surface area contributed by atoms with Gasteiger partial charge in [0.05, 0.1) is 0 Å². The van der Waals surface area contributed by atoms with Gasteiger partial charge >= 0.3 is 5.97 Å². The zero-order valence-corrected chi connectivity index (χ0v) is 7.81. The highest BCUT2D eigenvalue weighted by atomic mass is 79.9. The van der Waals surface area contributed by atoms with E-state index in [2.05, 4.69) is 15.9 Å². The number of carbonyl (C=O) groups is 2. The maximum atomic E-state index is 10.2. The third-order valence-electron chi connectivity index (χ3n) is 0.778. The fourth-order valence-corrected chi connectivity index (χ4v) is 1.69. The van der Waals surface area contributed by atoms with Gasteiger partial charge in [-0.15, -0.1) is 11.3 Å². The van der Waals surface area contributed by atoms with Gasteiger partial charge in [0.2, 0.25) is 0 Å². The van der Waals surface area contributed by atoms with Crippen molar-refractivity contribution in [1.29, 1.82) is 0 Å². The minimum atomic E-state index is -0.870. The van der Waals surface area contributed by atoms with E-state index >= 15 is 0 Å². The molecule has 60 valence electrons. The molecule has 0 aliphatic rings. The van der Waals surface area contributed by atoms with Gasteiger partial charge in [0, 0.05) is 9.85 Å². The Bertz CT molecular complexity index is 246. The highest BCUT2D eigenvalue weighted by molar-refractivity contribution is 9.10. The SMILES string of the molecule is C=O.O=C(O)c1cc(Br)cs1. The Kier molecular flexibility index (Phi) is 4.72. The van der Waals surface area contributed by atoms with Gasteiger partial charge in [-0.2, -0.15) is 0 Å². The predicted octanol–water partition coefficient (Wildman–Crippen LogP) is 2.02. The average molecular weight is 237 g/mol. The molecule has 11 heavy (non-hydrogen) atoms. The van der Waals surface area contributed by atoms with E-state index in [0.29, 0.717) is 4.88 Å². The Morgan fingerprint density at radius 3 is 2.36 bits per heavy atom. The molecule has 0 saturated heterocycles. The van der Waals surface area contributed by atoms with Crippen molar-refractivity contribution in [2.45, 2.75) is 0 Å². The standard InChI is InChI=1S/C5H3BrO2S.CH2O/c6-3-1-4(5(7)8)9-2-3;1-2/h1-2H,(H,7,8);1H2. The van der Waals surface area contributed by atoms with E-state index in [9.17, 15) is 4.79 Å². The van der Waals surface area contributed by atoms with E-state index in [1.54, 1.807) is 11.4 Å². The number of aromatic carboxylic acids is 1. The molecule has 1 aromatic heterocycles. The van der Waals surface area contributed by atoms with Gasteiger partial charge in [0.15, 0.2) is 0 Å². The molecule has 0 unspecified atom stereocenters. The van der Waals surface area contributed by atoms with Crippen molar-refractivity contribution in [2.75, 3.05) is 0 Å². The molecule has 1 aromatic rings. The maximum Gasteiger partial charge on any atom is 0.345 e. The van der Waals surface area contributed by atoms with Gasteiger partial charge in [-0.3, -0.25) is 0 Å². The molecule has 0 spiro atoms. The largest absolute Gasteiger partial charge is 0.477 e. The van der Waals surface area contributed by atoms with Gasteiger partial charge in [-0.1, -0.05) is 0 Å². The van der Waals surface area contributed by atoms with Crippen LogP contribution in [0.25, 0.3) is 0 Å². The van der Waals surface area contributed by atoms with Crippen molar-refractivity contribution < 1.29 is 14.7 Å². The van der Waals surface area contributed by atoms with Crippen LogP contribution >= 0.6 is 27.3 Å². The first-order chi connectivity index (χ1) is 5.20. The number of hydrogen-bond acceptors (Lipinski definition) is 3. The van der Waals surface area contributed by atoms with Crippen molar-refractivity contribution in [2.24, 2.45) is 0 Å². The quantitative estimate of drug-likeness (QED) is 0.812. The van der Waals surface area contributed by atoms with Crippen molar-refractivity contribution in [3.8, 4) is 0 Å². The summed E-state index contributed by atoms with van der Waals surface area (Å²) in [5.74, 6) is -0.870. The molecule has 0 aliphatic carbocycles. The van der Waals surface area contributed by atoms with E-state index in [-0.39, 0.29) is 0 Å². The summed E-state index contributed by atoms with van der Waals surface area (Å²) >= 11 is 4.36. The van der Waals surface area contributed by atoms with Gasteiger partial charge in [0.25, 0.3) is 0 Å². The molecule has 0 radical (unpaired) electrons. The summed E-state index contributed by atoms with van der Waals surface area (Å²) in [5, 5.41) is 10.1. The molecule has 3 nitrogen and oxygen atoms in total. The van der Waals surface area contributed by atoms with Crippen molar-refractivity contribution in [1.82, 2.24) is 0 Å². The number of thiophene rings is 1. The van der Waals surface area contributed by atoms with Crippen LogP contribution in [0.2, 0.25) is 0 Å². The molecule has 0 amide bonds. The highest BCUT2D eigenvalue weighted by Gasteiger charge is 2.03. The first kappa shape index (κ1) is 10.3. The van der Waals surface area contributed by atoms with E-state index in [0.717, 1.165) is 4.47 Å². The van der Waals surface area contributed by atoms with Gasteiger partial charge in [-0.25, -0.2) is 4.79 Å². The van der Waals surface area contributed by atoms with Crippen molar-refractivity contribution in [3.63, 3.8) is 0 Å². The lowest BCUT2D eigenvalue weighted by molar-refractivity contribution is -0.0980. The molecule has 1 N–H and O–H groups in total. The first-order valence-corrected chi connectivity index (χ1v) is 4.13. The molecule has 0 aliphatic heterocycles. The van der Waals surface area contributed by atoms with E-state index < -0.39 is 5.97 Å². The molecule has 1 rings (SSSR count). The smallest absolute Gasteiger partial charge is 0.345 e. The number of carboxylic acids is 1. The summed E-state index contributed by atoms with van der Waals surface area (Å²) in [4.78, 5) is 18.6. The topological polar surface area (TPSA) is 54.4 Å². The Hall–Kier alpha value is -0.680. The second-order valence-electron chi connectivity index (χ2n) is 1.43. The van der Waals surface area contributed by atoms with Gasteiger partial charge in [-0.05, 0) is 22.0 Å². The normalized spacial score (nSPS) is 8.09. The van der Waals surface area contributed by atoms with Crippen LogP contribution in [0.5, 0.6) is 0 Å². The molecule has 0 aromatic carbocycles. The lowest BCUT2D eigenvalue weighted by atomic mass is 10.5. The monoisotopic (exact) mass is 236 g/mol. The molecule has 0 fully saturated rings. The molecule has 0 bridgehead atoms. The number of halogens is 1. The first-order valence-electron chi connectivity index (χ1n) is 2.46. The third kappa shape index (κ3) is 3.29. The van der Waals surface area contributed by atoms with E-state index in [4.69, 9.17) is 9.90 Å². The zero-order valence-electron chi connectivity index (χ0n) is 5.41. The third-order valence-corrected chi connectivity index (χ3v) is 2.46. The Morgan fingerprint density at radius 2 is 2.18 bits per heavy atom. The van der Waals surface area contributed by atoms with Crippen LogP contribution in [0.3, 0.4) is 0 Å². The van der Waals surface area contributed by atoms with Crippen LogP contribution < -0.4 is 0 Å². The van der Waals surface area contributed by atoms with Gasteiger partial charge < -0.3 is 9.90 Å². The van der Waals surface area contributed by atoms with Crippen LogP contribution in [0, 0.1) is 0 Å². The highest BCUT2D eigenvalue weighted by Crippen LogP contribution is 2.19. The van der Waals surface area contributed by atoms with Crippen molar-refractivity contribution >= 4 is 40.0 Å². The number of carbonyl (C=O) groups excluding carboxylic acids is 1. The fraction of sp³-hybridized carbons (Fsp3) is 0. The second-order valence-corrected chi connectivity index (χ2v) is 3.26. The lowest BCUT2D eigenvalue weighted by Crippen LogP contribution is -1.89. The summed E-state index contributed by atoms with van der Waals surface area (Å²) in [6.45, 7) is 2.00. The molecule has 1 heterocycles. The zero-order chi connectivity index (χ0) is 8.85. The average Bonchev–Trinajstić information content (AvgIpc) is 2.40. The van der Waals surface area contributed by atoms with Crippen LogP contribution in [0.1, 0.15) is 9.67 Å². The van der Waals surface area contributed by atoms with Crippen LogP contribution in [0.4, 0.5) is 0 Å². The number of hydrogen-bond donors (Lipinski definition) is 1. The minimum absolute atomic E-state index is 0.363. The maximum absolute atomic E-state index is 10.2. The van der Waals surface area contributed by atoms with Crippen LogP contribution in [0.15, 0.2) is 15.9 Å². The Morgan fingerprint density at radius 1 is 1.64 bits per heavy atom. The molecule has 0 saturated carbocycles. The Labute approximate surface area is 75.8 Å². The molecule has 0 atom stereocenters. The summed E-state index contributed by atoms with van der Waals surface area (Å²) in [7, 11) is 0. The fourth-order valence-electron chi connectivity index (χ4n) is 0.425. The van der Waals surface area contributed by atoms with E-state index in [1.807, 2.05) is 6.79 Å². The predicted molar refractivity (Wildman–Crippen MR) is 46.1 cm³/mol. The second kappa shape index (κ2) is 5.03. The van der Waals surface area contributed by atoms with Crippen molar-refractivity contribution in [3.05, 3.63) is 20.8 Å². The Balaban J connectivity index is 0.000000461. The van der Waals surface area contributed by atoms with Crippen LogP contribution in [-0.4, -0.2) is 17.9 Å². The summed E-state index contributed by atoms with van der Waals surface area (Å²) in [6.07, 6.45) is 0. The summed E-state index contributed by atoms with van der Waals surface area (Å²) in [5.41, 5.74) is 0. The number of rotatable bonds is 1. The minimum Gasteiger partial charge on any atom is -0.477 e. The summed E-state index contributed by atoms with van der Waals surface area (Å²) < 4.78 is 0.824. The van der Waals surface area contributed by atoms with Crippen LogP contribution in [-0.2, 0) is 4.79 Å². The molecule has 5 heteroatoms.